The van der Waals surface area contributed by atoms with Crippen molar-refractivity contribution in [1.82, 2.24) is 0 Å². The fourth-order valence-electron chi connectivity index (χ4n) is 2.69. The average Bonchev–Trinajstić information content (AvgIpc) is 2.25. The van der Waals surface area contributed by atoms with Crippen molar-refractivity contribution in [3.8, 4) is 5.75 Å². The zero-order valence-electron chi connectivity index (χ0n) is 12.6. The number of benzene rings is 1. The van der Waals surface area contributed by atoms with Crippen LogP contribution in [0.4, 0.5) is 5.69 Å². The highest BCUT2D eigenvalue weighted by atomic mass is 16.6. The summed E-state index contributed by atoms with van der Waals surface area (Å²) in [5, 5.41) is 20.7. The predicted octanol–water partition coefficient (Wildman–Crippen LogP) is 3.83. The van der Waals surface area contributed by atoms with Crippen LogP contribution >= 0.6 is 0 Å². The smallest absolute Gasteiger partial charge is 0.311 e. The van der Waals surface area contributed by atoms with E-state index < -0.39 is 16.4 Å². The molecule has 0 radical (unpaired) electrons. The fraction of sp³-hybridized carbons (Fsp3) is 0.533. The number of nitro groups is 1. The maximum Gasteiger partial charge on any atom is 0.311 e. The second-order valence-corrected chi connectivity index (χ2v) is 6.93. The molecule has 5 nitrogen and oxygen atoms in total. The van der Waals surface area contributed by atoms with Crippen molar-refractivity contribution in [1.29, 1.82) is 0 Å². The number of phenolic OH excluding ortho intramolecular Hbond substituents is 1. The largest absolute Gasteiger partial charge is 0.502 e. The molecular formula is C15H21NO4. The van der Waals surface area contributed by atoms with E-state index >= 15 is 0 Å². The summed E-state index contributed by atoms with van der Waals surface area (Å²) in [7, 11) is 0. The number of hydrogen-bond acceptors (Lipinski definition) is 4. The lowest BCUT2D eigenvalue weighted by molar-refractivity contribution is -0.386. The molecule has 0 fully saturated rings. The van der Waals surface area contributed by atoms with Gasteiger partial charge in [0.05, 0.1) is 10.5 Å². The number of aromatic hydroxyl groups is 1. The monoisotopic (exact) mass is 279 g/mol. The molecule has 5 heteroatoms. The van der Waals surface area contributed by atoms with Gasteiger partial charge in [0.2, 0.25) is 5.75 Å². The zero-order chi connectivity index (χ0) is 15.7. The van der Waals surface area contributed by atoms with E-state index in [0.717, 1.165) is 6.42 Å². The van der Waals surface area contributed by atoms with E-state index in [4.69, 9.17) is 0 Å². The Hall–Kier alpha value is -1.91. The van der Waals surface area contributed by atoms with Gasteiger partial charge in [-0.1, -0.05) is 34.6 Å². The van der Waals surface area contributed by atoms with Gasteiger partial charge in [0.15, 0.2) is 6.29 Å². The van der Waals surface area contributed by atoms with Crippen LogP contribution in [0, 0.1) is 15.5 Å². The minimum atomic E-state index is -0.668. The maximum atomic E-state index is 11.0. The van der Waals surface area contributed by atoms with Crippen LogP contribution in [0.5, 0.6) is 5.75 Å². The Balaban J connectivity index is 3.42. The molecule has 110 valence electrons. The Morgan fingerprint density at radius 2 is 1.80 bits per heavy atom. The maximum absolute atomic E-state index is 11.0. The second-order valence-electron chi connectivity index (χ2n) is 6.93. The van der Waals surface area contributed by atoms with Gasteiger partial charge in [-0.25, -0.2) is 0 Å². The average molecular weight is 279 g/mol. The minimum Gasteiger partial charge on any atom is -0.502 e. The van der Waals surface area contributed by atoms with Crippen molar-refractivity contribution >= 4 is 12.0 Å². The molecule has 0 saturated carbocycles. The van der Waals surface area contributed by atoms with Crippen LogP contribution in [0.3, 0.4) is 0 Å². The first-order valence-electron chi connectivity index (χ1n) is 6.45. The molecule has 0 bridgehead atoms. The summed E-state index contributed by atoms with van der Waals surface area (Å²) in [5.74, 6) is -0.569. The number of rotatable bonds is 4. The van der Waals surface area contributed by atoms with Gasteiger partial charge in [0.25, 0.3) is 0 Å². The number of nitro benzene ring substituents is 1. The van der Waals surface area contributed by atoms with Gasteiger partial charge in [-0.05, 0) is 28.9 Å². The first-order chi connectivity index (χ1) is 8.98. The molecule has 1 aromatic rings. The highest BCUT2D eigenvalue weighted by Crippen LogP contribution is 2.40. The third-order valence-corrected chi connectivity index (χ3v) is 3.20. The minimum absolute atomic E-state index is 0.0392. The van der Waals surface area contributed by atoms with Crippen molar-refractivity contribution in [2.45, 2.75) is 46.5 Å². The summed E-state index contributed by atoms with van der Waals surface area (Å²) in [6.45, 7) is 10.2. The Morgan fingerprint density at radius 3 is 2.20 bits per heavy atom. The molecule has 20 heavy (non-hydrogen) atoms. The molecule has 0 aliphatic carbocycles. The Labute approximate surface area is 118 Å². The highest BCUT2D eigenvalue weighted by molar-refractivity contribution is 5.82. The van der Waals surface area contributed by atoms with Gasteiger partial charge in [-0.15, -0.1) is 0 Å². The summed E-state index contributed by atoms with van der Waals surface area (Å²) in [4.78, 5) is 21.3. The Morgan fingerprint density at radius 1 is 1.25 bits per heavy atom. The predicted molar refractivity (Wildman–Crippen MR) is 77.2 cm³/mol. The van der Waals surface area contributed by atoms with E-state index in [9.17, 15) is 20.0 Å². The standard InChI is InChI=1S/C15H21NO4/c1-14(2,3)9-15(4,5)11-6-10(8-17)13(18)12(7-11)16(19)20/h6-8,18H,9H2,1-5H3. The van der Waals surface area contributed by atoms with Crippen LogP contribution in [0.1, 0.15) is 57.0 Å². The number of carbonyl (C=O) groups is 1. The number of carbonyl (C=O) groups excluding carboxylic acids is 1. The molecular weight excluding hydrogens is 258 g/mol. The number of aldehydes is 1. The molecule has 1 N–H and O–H groups in total. The SMILES string of the molecule is CC(C)(C)CC(C)(C)c1cc(C=O)c(O)c([N+](=O)[O-])c1. The summed E-state index contributed by atoms with van der Waals surface area (Å²) < 4.78 is 0. The summed E-state index contributed by atoms with van der Waals surface area (Å²) >= 11 is 0. The first kappa shape index (κ1) is 16.1. The van der Waals surface area contributed by atoms with Gasteiger partial charge >= 0.3 is 5.69 Å². The lowest BCUT2D eigenvalue weighted by Crippen LogP contribution is -2.25. The van der Waals surface area contributed by atoms with Gasteiger partial charge in [0, 0.05) is 6.07 Å². The zero-order valence-corrected chi connectivity index (χ0v) is 12.6. The first-order valence-corrected chi connectivity index (χ1v) is 6.45. The van der Waals surface area contributed by atoms with Gasteiger partial charge in [0.1, 0.15) is 0 Å². The topological polar surface area (TPSA) is 80.4 Å². The van der Waals surface area contributed by atoms with Crippen LogP contribution in [-0.2, 0) is 5.41 Å². The molecule has 1 aromatic carbocycles. The normalized spacial score (nSPS) is 12.2. The molecule has 0 unspecified atom stereocenters. The summed E-state index contributed by atoms with van der Waals surface area (Å²) in [6.07, 6.45) is 1.24. The van der Waals surface area contributed by atoms with E-state index in [-0.39, 0.29) is 16.4 Å². The number of hydrogen-bond donors (Lipinski definition) is 1. The van der Waals surface area contributed by atoms with Crippen molar-refractivity contribution in [3.05, 3.63) is 33.4 Å². The third kappa shape index (κ3) is 3.56. The molecule has 0 amide bonds. The Kier molecular flexibility index (Phi) is 4.22. The third-order valence-electron chi connectivity index (χ3n) is 3.20. The van der Waals surface area contributed by atoms with Crippen LogP contribution in [-0.4, -0.2) is 16.3 Å². The van der Waals surface area contributed by atoms with Gasteiger partial charge < -0.3 is 5.11 Å². The van der Waals surface area contributed by atoms with Gasteiger partial charge in [-0.2, -0.15) is 0 Å². The Bertz CT molecular complexity index is 542. The lowest BCUT2D eigenvalue weighted by Gasteiger charge is -2.33. The molecule has 0 aliphatic heterocycles. The molecule has 0 heterocycles. The molecule has 1 rings (SSSR count). The van der Waals surface area contributed by atoms with E-state index in [2.05, 4.69) is 20.8 Å². The van der Waals surface area contributed by atoms with Crippen molar-refractivity contribution < 1.29 is 14.8 Å². The van der Waals surface area contributed by atoms with E-state index in [1.165, 1.54) is 12.1 Å². The number of nitrogens with zero attached hydrogens (tertiary/aromatic N) is 1. The number of phenols is 1. The summed E-state index contributed by atoms with van der Waals surface area (Å²) in [6, 6.07) is 2.88. The van der Waals surface area contributed by atoms with Crippen LogP contribution in [0.15, 0.2) is 12.1 Å². The fourth-order valence-corrected chi connectivity index (χ4v) is 2.69. The second kappa shape index (κ2) is 5.23. The summed E-state index contributed by atoms with van der Waals surface area (Å²) in [5.41, 5.74) is -0.0896. The molecule has 0 aromatic heterocycles. The van der Waals surface area contributed by atoms with Crippen molar-refractivity contribution in [3.63, 3.8) is 0 Å². The van der Waals surface area contributed by atoms with Crippen molar-refractivity contribution in [2.24, 2.45) is 5.41 Å². The molecule has 0 atom stereocenters. The molecule has 0 saturated heterocycles. The van der Waals surface area contributed by atoms with E-state index in [0.29, 0.717) is 11.8 Å². The van der Waals surface area contributed by atoms with Crippen LogP contribution in [0.25, 0.3) is 0 Å². The quantitative estimate of drug-likeness (QED) is 0.516. The highest BCUT2D eigenvalue weighted by Gasteiger charge is 2.30. The molecule has 0 spiro atoms. The van der Waals surface area contributed by atoms with Crippen molar-refractivity contribution in [2.75, 3.05) is 0 Å². The van der Waals surface area contributed by atoms with Gasteiger partial charge in [-0.3, -0.25) is 14.9 Å². The lowest BCUT2D eigenvalue weighted by atomic mass is 9.72. The van der Waals surface area contributed by atoms with E-state index in [1.54, 1.807) is 0 Å². The van der Waals surface area contributed by atoms with Crippen LogP contribution in [0.2, 0.25) is 0 Å². The van der Waals surface area contributed by atoms with Crippen LogP contribution < -0.4 is 0 Å². The molecule has 0 aliphatic rings. The van der Waals surface area contributed by atoms with E-state index in [1.807, 2.05) is 13.8 Å².